The molecular weight excluding hydrogens is 200 g/mol. The molecule has 0 amide bonds. The van der Waals surface area contributed by atoms with Crippen LogP contribution < -0.4 is 0 Å². The summed E-state index contributed by atoms with van der Waals surface area (Å²) >= 11 is 0. The van der Waals surface area contributed by atoms with E-state index in [1.54, 1.807) is 0 Å². The smallest absolute Gasteiger partial charge is 0.159 e. The zero-order valence-corrected chi connectivity index (χ0v) is 10.5. The summed E-state index contributed by atoms with van der Waals surface area (Å²) in [6.45, 7) is 10.4. The summed E-state index contributed by atoms with van der Waals surface area (Å²) in [5, 5.41) is 4.57. The molecule has 0 N–H and O–H groups in total. The third kappa shape index (κ3) is 1.79. The summed E-state index contributed by atoms with van der Waals surface area (Å²) in [5.74, 6) is 2.56. The van der Waals surface area contributed by atoms with E-state index in [2.05, 4.69) is 42.8 Å². The highest BCUT2D eigenvalue weighted by molar-refractivity contribution is 5.40. The van der Waals surface area contributed by atoms with Gasteiger partial charge in [0.1, 0.15) is 11.6 Å². The number of aromatic nitrogens is 4. The van der Waals surface area contributed by atoms with E-state index in [0.717, 1.165) is 23.0 Å². The Labute approximate surface area is 95.7 Å². The van der Waals surface area contributed by atoms with Gasteiger partial charge in [0.2, 0.25) is 0 Å². The van der Waals surface area contributed by atoms with Gasteiger partial charge in [-0.3, -0.25) is 0 Å². The van der Waals surface area contributed by atoms with Crippen LogP contribution in [0.15, 0.2) is 6.07 Å². The van der Waals surface area contributed by atoms with Crippen molar-refractivity contribution in [2.75, 3.05) is 0 Å². The molecule has 0 fully saturated rings. The van der Waals surface area contributed by atoms with Crippen molar-refractivity contribution in [2.24, 2.45) is 0 Å². The molecule has 0 saturated carbocycles. The van der Waals surface area contributed by atoms with Gasteiger partial charge in [-0.25, -0.2) is 14.5 Å². The standard InChI is InChI=1S/C12H18N4/c1-7(2)10-6-11-13-9(5)14-12(8(3)4)16(11)15-10/h6-8H,1-5H3. The molecular formula is C12H18N4. The van der Waals surface area contributed by atoms with E-state index in [-0.39, 0.29) is 0 Å². The zero-order chi connectivity index (χ0) is 11.9. The molecule has 0 spiro atoms. The molecule has 0 atom stereocenters. The van der Waals surface area contributed by atoms with Crippen molar-refractivity contribution in [3.8, 4) is 0 Å². The summed E-state index contributed by atoms with van der Waals surface area (Å²) in [4.78, 5) is 8.87. The highest BCUT2D eigenvalue weighted by atomic mass is 15.3. The first-order valence-corrected chi connectivity index (χ1v) is 5.73. The zero-order valence-electron chi connectivity index (χ0n) is 10.5. The Bertz CT molecular complexity index is 511. The van der Waals surface area contributed by atoms with Crippen LogP contribution in [0.25, 0.3) is 5.65 Å². The maximum absolute atomic E-state index is 4.57. The molecule has 2 aromatic heterocycles. The molecule has 4 nitrogen and oxygen atoms in total. The first-order valence-electron chi connectivity index (χ1n) is 5.73. The average molecular weight is 218 g/mol. The van der Waals surface area contributed by atoms with Gasteiger partial charge in [-0.15, -0.1) is 0 Å². The lowest BCUT2D eigenvalue weighted by molar-refractivity contribution is 0.676. The van der Waals surface area contributed by atoms with E-state index in [1.807, 2.05) is 17.5 Å². The van der Waals surface area contributed by atoms with Gasteiger partial charge in [0, 0.05) is 12.0 Å². The lowest BCUT2D eigenvalue weighted by Crippen LogP contribution is -2.08. The van der Waals surface area contributed by atoms with Gasteiger partial charge in [-0.05, 0) is 12.8 Å². The van der Waals surface area contributed by atoms with Gasteiger partial charge < -0.3 is 0 Å². The third-order valence-corrected chi connectivity index (χ3v) is 2.59. The molecule has 4 heteroatoms. The second-order valence-electron chi connectivity index (χ2n) is 4.78. The normalized spacial score (nSPS) is 11.9. The first-order chi connectivity index (χ1) is 7.49. The van der Waals surface area contributed by atoms with E-state index < -0.39 is 0 Å². The number of fused-ring (bicyclic) bond motifs is 1. The maximum Gasteiger partial charge on any atom is 0.159 e. The monoisotopic (exact) mass is 218 g/mol. The minimum Gasteiger partial charge on any atom is -0.218 e. The van der Waals surface area contributed by atoms with Gasteiger partial charge >= 0.3 is 0 Å². The molecule has 0 bridgehead atoms. The van der Waals surface area contributed by atoms with E-state index in [0.29, 0.717) is 11.8 Å². The molecule has 0 radical (unpaired) electrons. The van der Waals surface area contributed by atoms with Gasteiger partial charge in [-0.2, -0.15) is 5.10 Å². The van der Waals surface area contributed by atoms with Crippen molar-refractivity contribution in [3.05, 3.63) is 23.4 Å². The minimum atomic E-state index is 0.351. The fourth-order valence-corrected chi connectivity index (χ4v) is 1.70. The van der Waals surface area contributed by atoms with Crippen LogP contribution in [0.1, 0.15) is 56.9 Å². The molecule has 2 aromatic rings. The Balaban J connectivity index is 2.70. The number of hydrogen-bond acceptors (Lipinski definition) is 3. The van der Waals surface area contributed by atoms with Crippen molar-refractivity contribution in [2.45, 2.75) is 46.5 Å². The number of hydrogen-bond donors (Lipinski definition) is 0. The molecule has 0 aliphatic rings. The van der Waals surface area contributed by atoms with Crippen LogP contribution in [0.5, 0.6) is 0 Å². The molecule has 0 unspecified atom stereocenters. The third-order valence-electron chi connectivity index (χ3n) is 2.59. The molecule has 2 rings (SSSR count). The number of aryl methyl sites for hydroxylation is 1. The Hall–Kier alpha value is -1.45. The second-order valence-corrected chi connectivity index (χ2v) is 4.78. The molecule has 16 heavy (non-hydrogen) atoms. The van der Waals surface area contributed by atoms with Crippen LogP contribution in [0.4, 0.5) is 0 Å². The summed E-state index contributed by atoms with van der Waals surface area (Å²) in [6, 6.07) is 2.05. The largest absolute Gasteiger partial charge is 0.218 e. The lowest BCUT2D eigenvalue weighted by Gasteiger charge is -2.07. The average Bonchev–Trinajstić information content (AvgIpc) is 2.59. The number of nitrogens with zero attached hydrogens (tertiary/aromatic N) is 4. The van der Waals surface area contributed by atoms with Gasteiger partial charge in [0.25, 0.3) is 0 Å². The molecule has 0 aliphatic heterocycles. The highest BCUT2D eigenvalue weighted by Gasteiger charge is 2.13. The van der Waals surface area contributed by atoms with Crippen LogP contribution in [-0.2, 0) is 0 Å². The van der Waals surface area contributed by atoms with Gasteiger partial charge in [0.05, 0.1) is 5.69 Å². The Kier molecular flexibility index (Phi) is 2.66. The van der Waals surface area contributed by atoms with Crippen LogP contribution in [0, 0.1) is 6.92 Å². The van der Waals surface area contributed by atoms with Gasteiger partial charge in [-0.1, -0.05) is 27.7 Å². The first kappa shape index (κ1) is 11.0. The molecule has 86 valence electrons. The van der Waals surface area contributed by atoms with Crippen LogP contribution >= 0.6 is 0 Å². The van der Waals surface area contributed by atoms with E-state index >= 15 is 0 Å². The topological polar surface area (TPSA) is 43.1 Å². The predicted molar refractivity (Wildman–Crippen MR) is 63.7 cm³/mol. The SMILES string of the molecule is Cc1nc(C(C)C)n2nc(C(C)C)cc2n1. The summed E-state index contributed by atoms with van der Waals surface area (Å²) in [5.41, 5.74) is 1.97. The molecule has 0 aliphatic carbocycles. The van der Waals surface area contributed by atoms with Crippen LogP contribution in [0.3, 0.4) is 0 Å². The predicted octanol–water partition coefficient (Wildman–Crippen LogP) is 2.68. The molecule has 0 aromatic carbocycles. The maximum atomic E-state index is 4.57. The highest BCUT2D eigenvalue weighted by Crippen LogP contribution is 2.18. The molecule has 2 heterocycles. The Morgan fingerprint density at radius 1 is 1.06 bits per heavy atom. The fourth-order valence-electron chi connectivity index (χ4n) is 1.70. The van der Waals surface area contributed by atoms with E-state index in [9.17, 15) is 0 Å². The van der Waals surface area contributed by atoms with E-state index in [1.165, 1.54) is 0 Å². The Morgan fingerprint density at radius 2 is 1.75 bits per heavy atom. The number of rotatable bonds is 2. The van der Waals surface area contributed by atoms with Crippen molar-refractivity contribution in [3.63, 3.8) is 0 Å². The van der Waals surface area contributed by atoms with Gasteiger partial charge in [0.15, 0.2) is 5.65 Å². The summed E-state index contributed by atoms with van der Waals surface area (Å²) < 4.78 is 1.87. The molecule has 0 saturated heterocycles. The minimum absolute atomic E-state index is 0.351. The van der Waals surface area contributed by atoms with E-state index in [4.69, 9.17) is 0 Å². The summed E-state index contributed by atoms with van der Waals surface area (Å²) in [6.07, 6.45) is 0. The van der Waals surface area contributed by atoms with Crippen molar-refractivity contribution < 1.29 is 0 Å². The Morgan fingerprint density at radius 3 is 2.31 bits per heavy atom. The van der Waals surface area contributed by atoms with Crippen molar-refractivity contribution >= 4 is 5.65 Å². The second kappa shape index (κ2) is 3.85. The fraction of sp³-hybridized carbons (Fsp3) is 0.583. The van der Waals surface area contributed by atoms with Crippen molar-refractivity contribution in [1.29, 1.82) is 0 Å². The summed E-state index contributed by atoms with van der Waals surface area (Å²) in [7, 11) is 0. The van der Waals surface area contributed by atoms with Crippen molar-refractivity contribution in [1.82, 2.24) is 19.6 Å². The quantitative estimate of drug-likeness (QED) is 0.778. The lowest BCUT2D eigenvalue weighted by atomic mass is 10.1. The van der Waals surface area contributed by atoms with Crippen LogP contribution in [0.2, 0.25) is 0 Å². The van der Waals surface area contributed by atoms with Crippen LogP contribution in [-0.4, -0.2) is 19.6 Å².